The van der Waals surface area contributed by atoms with Crippen molar-refractivity contribution in [2.24, 2.45) is 11.1 Å². The van der Waals surface area contributed by atoms with Gasteiger partial charge in [-0.25, -0.2) is 12.7 Å². The lowest BCUT2D eigenvalue weighted by molar-refractivity contribution is 0.255. The third kappa shape index (κ3) is 3.40. The van der Waals surface area contributed by atoms with Crippen molar-refractivity contribution in [2.75, 3.05) is 20.1 Å². The summed E-state index contributed by atoms with van der Waals surface area (Å²) in [6.07, 6.45) is 0.676. The Morgan fingerprint density at radius 1 is 1.45 bits per heavy atom. The van der Waals surface area contributed by atoms with E-state index in [1.807, 2.05) is 20.8 Å². The van der Waals surface area contributed by atoms with Crippen LogP contribution in [0.15, 0.2) is 17.0 Å². The molecule has 0 spiro atoms. The summed E-state index contributed by atoms with van der Waals surface area (Å²) in [6.45, 7) is 6.55. The second-order valence-electron chi connectivity index (χ2n) is 6.66. The Kier molecular flexibility index (Phi) is 4.78. The van der Waals surface area contributed by atoms with Gasteiger partial charge < -0.3 is 10.5 Å². The molecule has 1 heterocycles. The first-order chi connectivity index (χ1) is 10.1. The molecule has 1 aliphatic rings. The van der Waals surface area contributed by atoms with Gasteiger partial charge in [-0.15, -0.1) is 0 Å². The summed E-state index contributed by atoms with van der Waals surface area (Å²) in [4.78, 5) is 0.198. The van der Waals surface area contributed by atoms with Gasteiger partial charge in [0, 0.05) is 25.6 Å². The van der Waals surface area contributed by atoms with E-state index in [0.29, 0.717) is 30.3 Å². The summed E-state index contributed by atoms with van der Waals surface area (Å²) in [7, 11) is -2.04. The molecule has 2 rings (SSSR count). The molecule has 22 heavy (non-hydrogen) atoms. The number of nitrogens with zero attached hydrogens (tertiary/aromatic N) is 1. The predicted molar refractivity (Wildman–Crippen MR) is 87.9 cm³/mol. The molecule has 5 nitrogen and oxygen atoms in total. The van der Waals surface area contributed by atoms with Gasteiger partial charge in [0.15, 0.2) is 0 Å². The number of rotatable bonds is 5. The van der Waals surface area contributed by atoms with Crippen molar-refractivity contribution in [3.8, 4) is 5.75 Å². The Balaban J connectivity index is 2.35. The van der Waals surface area contributed by atoms with Gasteiger partial charge >= 0.3 is 0 Å². The van der Waals surface area contributed by atoms with Crippen LogP contribution in [0.4, 0.5) is 0 Å². The molecule has 0 saturated carbocycles. The van der Waals surface area contributed by atoms with Gasteiger partial charge in [0.1, 0.15) is 11.9 Å². The molecule has 1 aliphatic heterocycles. The van der Waals surface area contributed by atoms with Crippen LogP contribution in [0.3, 0.4) is 0 Å². The van der Waals surface area contributed by atoms with Crippen molar-refractivity contribution >= 4 is 21.6 Å². The highest BCUT2D eigenvalue weighted by atomic mass is 35.5. The third-order valence-corrected chi connectivity index (χ3v) is 5.89. The number of halogens is 1. The maximum atomic E-state index is 12.7. The van der Waals surface area contributed by atoms with E-state index in [4.69, 9.17) is 22.1 Å². The summed E-state index contributed by atoms with van der Waals surface area (Å²) < 4.78 is 32.4. The van der Waals surface area contributed by atoms with Gasteiger partial charge in [0.25, 0.3) is 0 Å². The van der Waals surface area contributed by atoms with Gasteiger partial charge in [-0.2, -0.15) is 0 Å². The fourth-order valence-electron chi connectivity index (χ4n) is 2.54. The largest absolute Gasteiger partial charge is 0.489 e. The van der Waals surface area contributed by atoms with Crippen LogP contribution in [0, 0.1) is 5.41 Å². The van der Waals surface area contributed by atoms with Crippen LogP contribution in [-0.4, -0.2) is 39.0 Å². The highest BCUT2D eigenvalue weighted by Gasteiger charge is 2.30. The number of hydrogen-bond donors (Lipinski definition) is 1. The lowest BCUT2D eigenvalue weighted by Crippen LogP contribution is -2.39. The van der Waals surface area contributed by atoms with E-state index in [1.165, 1.54) is 10.4 Å². The second-order valence-corrected chi connectivity index (χ2v) is 9.11. The molecule has 0 amide bonds. The molecular weight excluding hydrogens is 324 g/mol. The van der Waals surface area contributed by atoms with Crippen LogP contribution in [0.5, 0.6) is 5.75 Å². The lowest BCUT2D eigenvalue weighted by Gasteiger charge is -2.28. The van der Waals surface area contributed by atoms with E-state index >= 15 is 0 Å². The van der Waals surface area contributed by atoms with Crippen molar-refractivity contribution < 1.29 is 13.2 Å². The number of fused-ring (bicyclic) bond motifs is 1. The smallest absolute Gasteiger partial charge is 0.242 e. The van der Waals surface area contributed by atoms with Crippen LogP contribution in [0.25, 0.3) is 0 Å². The van der Waals surface area contributed by atoms with Crippen LogP contribution in [-0.2, 0) is 16.4 Å². The zero-order chi connectivity index (χ0) is 16.7. The van der Waals surface area contributed by atoms with E-state index in [2.05, 4.69) is 0 Å². The fraction of sp³-hybridized carbons (Fsp3) is 0.600. The summed E-state index contributed by atoms with van der Waals surface area (Å²) in [5.41, 5.74) is 6.24. The summed E-state index contributed by atoms with van der Waals surface area (Å²) in [6, 6.07) is 3.12. The Bertz CT molecular complexity index is 674. The van der Waals surface area contributed by atoms with E-state index < -0.39 is 10.0 Å². The van der Waals surface area contributed by atoms with Gasteiger partial charge in [-0.3, -0.25) is 0 Å². The Labute approximate surface area is 137 Å². The van der Waals surface area contributed by atoms with Crippen molar-refractivity contribution in [2.45, 2.75) is 38.2 Å². The molecule has 0 fully saturated rings. The summed E-state index contributed by atoms with van der Waals surface area (Å²) in [5, 5.41) is 0.340. The zero-order valence-corrected chi connectivity index (χ0v) is 15.0. The molecule has 0 bridgehead atoms. The molecule has 0 saturated heterocycles. The SMILES string of the molecule is CC1Cc2cc(S(=O)(=O)N(C)CC(C)(C)CN)cc(Cl)c2O1. The molecule has 0 aromatic heterocycles. The van der Waals surface area contributed by atoms with Crippen molar-refractivity contribution in [3.05, 3.63) is 22.7 Å². The molecule has 1 unspecified atom stereocenters. The summed E-state index contributed by atoms with van der Waals surface area (Å²) in [5.74, 6) is 0.595. The number of ether oxygens (including phenoxy) is 1. The fourth-order valence-corrected chi connectivity index (χ4v) is 4.33. The van der Waals surface area contributed by atoms with Crippen molar-refractivity contribution in [3.63, 3.8) is 0 Å². The Morgan fingerprint density at radius 2 is 2.09 bits per heavy atom. The number of hydrogen-bond acceptors (Lipinski definition) is 4. The summed E-state index contributed by atoms with van der Waals surface area (Å²) >= 11 is 6.18. The van der Waals surface area contributed by atoms with Crippen LogP contribution < -0.4 is 10.5 Å². The molecule has 1 aromatic carbocycles. The molecule has 0 radical (unpaired) electrons. The van der Waals surface area contributed by atoms with Gasteiger partial charge in [0.2, 0.25) is 10.0 Å². The minimum atomic E-state index is -3.61. The first kappa shape index (κ1) is 17.5. The third-order valence-electron chi connectivity index (χ3n) is 3.83. The van der Waals surface area contributed by atoms with E-state index in [-0.39, 0.29) is 16.4 Å². The lowest BCUT2D eigenvalue weighted by atomic mass is 9.94. The molecule has 7 heteroatoms. The number of nitrogens with two attached hydrogens (primary N) is 1. The van der Waals surface area contributed by atoms with E-state index in [9.17, 15) is 8.42 Å². The minimum Gasteiger partial charge on any atom is -0.489 e. The van der Waals surface area contributed by atoms with Crippen LogP contribution in [0.1, 0.15) is 26.3 Å². The highest BCUT2D eigenvalue weighted by Crippen LogP contribution is 2.38. The molecule has 1 atom stereocenters. The quantitative estimate of drug-likeness (QED) is 0.887. The average molecular weight is 347 g/mol. The van der Waals surface area contributed by atoms with Crippen molar-refractivity contribution in [1.82, 2.24) is 4.31 Å². The second kappa shape index (κ2) is 6.00. The Hall–Kier alpha value is -0.820. The number of benzene rings is 1. The number of sulfonamides is 1. The minimum absolute atomic E-state index is 0.0133. The predicted octanol–water partition coefficient (Wildman–Crippen LogP) is 2.27. The van der Waals surface area contributed by atoms with E-state index in [0.717, 1.165) is 5.56 Å². The first-order valence-electron chi connectivity index (χ1n) is 7.22. The van der Waals surface area contributed by atoms with Crippen LogP contribution in [0.2, 0.25) is 5.02 Å². The Morgan fingerprint density at radius 3 is 2.68 bits per heavy atom. The zero-order valence-electron chi connectivity index (χ0n) is 13.4. The van der Waals surface area contributed by atoms with Crippen molar-refractivity contribution in [1.29, 1.82) is 0 Å². The van der Waals surface area contributed by atoms with Gasteiger partial charge in [0.05, 0.1) is 9.92 Å². The standard InChI is InChI=1S/C15H23ClN2O3S/c1-10-5-11-6-12(7-13(16)14(11)21-10)22(19,20)18(4)9-15(2,3)8-17/h6-7,10H,5,8-9,17H2,1-4H3. The first-order valence-corrected chi connectivity index (χ1v) is 9.04. The monoisotopic (exact) mass is 346 g/mol. The maximum Gasteiger partial charge on any atom is 0.242 e. The van der Waals surface area contributed by atoms with Gasteiger partial charge in [-0.05, 0) is 31.0 Å². The average Bonchev–Trinajstić information content (AvgIpc) is 2.79. The molecule has 124 valence electrons. The molecule has 0 aliphatic carbocycles. The highest BCUT2D eigenvalue weighted by molar-refractivity contribution is 7.89. The normalized spacial score (nSPS) is 18.4. The van der Waals surface area contributed by atoms with Gasteiger partial charge in [-0.1, -0.05) is 25.4 Å². The maximum absolute atomic E-state index is 12.7. The topological polar surface area (TPSA) is 72.6 Å². The molecule has 2 N–H and O–H groups in total. The van der Waals surface area contributed by atoms with E-state index in [1.54, 1.807) is 13.1 Å². The molecular formula is C15H23ClN2O3S. The molecule has 1 aromatic rings. The van der Waals surface area contributed by atoms with Crippen LogP contribution >= 0.6 is 11.6 Å².